The van der Waals surface area contributed by atoms with Gasteiger partial charge in [0, 0.05) is 39.0 Å². The fourth-order valence-corrected chi connectivity index (χ4v) is 3.53. The van der Waals surface area contributed by atoms with Crippen molar-refractivity contribution >= 4 is 29.6 Å². The number of nitrogens with zero attached hydrogens (tertiary/aromatic N) is 5. The lowest BCUT2D eigenvalue weighted by Gasteiger charge is -2.26. The largest absolute Gasteiger partial charge is 0.357 e. The van der Waals surface area contributed by atoms with Gasteiger partial charge in [0.25, 0.3) is 0 Å². The summed E-state index contributed by atoms with van der Waals surface area (Å²) < 4.78 is 0. The van der Waals surface area contributed by atoms with Gasteiger partial charge in [0.15, 0.2) is 0 Å². The van der Waals surface area contributed by atoms with Gasteiger partial charge >= 0.3 is 0 Å². The van der Waals surface area contributed by atoms with Crippen LogP contribution in [0.4, 0.5) is 17.8 Å². The number of thioether (sulfide) groups is 1. The summed E-state index contributed by atoms with van der Waals surface area (Å²) in [5.41, 5.74) is 0. The first-order chi connectivity index (χ1) is 9.69. The van der Waals surface area contributed by atoms with Crippen LogP contribution in [0.15, 0.2) is 0 Å². The van der Waals surface area contributed by atoms with E-state index in [0.717, 1.165) is 30.7 Å². The Bertz CT molecular complexity index is 431. The van der Waals surface area contributed by atoms with Gasteiger partial charge in [-0.05, 0) is 26.0 Å². The van der Waals surface area contributed by atoms with Crippen LogP contribution in [0.3, 0.4) is 0 Å². The van der Waals surface area contributed by atoms with Crippen molar-refractivity contribution < 1.29 is 0 Å². The molecular formula is C13H24N6S. The molecule has 6 nitrogen and oxygen atoms in total. The highest BCUT2D eigenvalue weighted by Crippen LogP contribution is 2.25. The summed E-state index contributed by atoms with van der Waals surface area (Å²) in [6.07, 6.45) is 1.20. The Hall–Kier alpha value is -1.24. The molecule has 2 heterocycles. The van der Waals surface area contributed by atoms with E-state index in [9.17, 15) is 0 Å². The summed E-state index contributed by atoms with van der Waals surface area (Å²) in [4.78, 5) is 17.9. The monoisotopic (exact) mass is 296 g/mol. The van der Waals surface area contributed by atoms with E-state index in [0.29, 0.717) is 12.0 Å². The van der Waals surface area contributed by atoms with Crippen molar-refractivity contribution in [3.8, 4) is 0 Å². The summed E-state index contributed by atoms with van der Waals surface area (Å²) in [5.74, 6) is 4.52. The zero-order chi connectivity index (χ0) is 14.5. The van der Waals surface area contributed by atoms with Crippen LogP contribution in [0.25, 0.3) is 0 Å². The van der Waals surface area contributed by atoms with Gasteiger partial charge in [-0.3, -0.25) is 0 Å². The fourth-order valence-electron chi connectivity index (χ4n) is 2.26. The van der Waals surface area contributed by atoms with Crippen molar-refractivity contribution in [3.05, 3.63) is 0 Å². The maximum Gasteiger partial charge on any atom is 0.231 e. The molecule has 1 atom stereocenters. The summed E-state index contributed by atoms with van der Waals surface area (Å²) in [6.45, 7) is 6.02. The standard InChI is InChI=1S/C13H24N6S/c1-5-19(6-2)13-16-11(14-3)15-12(17-13)18(4)10-7-8-20-9-10/h10H,5-9H2,1-4H3,(H,14,15,16,17). The van der Waals surface area contributed by atoms with Crippen molar-refractivity contribution in [2.45, 2.75) is 26.3 Å². The average molecular weight is 296 g/mol. The molecule has 2 rings (SSSR count). The lowest BCUT2D eigenvalue weighted by atomic mass is 10.2. The zero-order valence-corrected chi connectivity index (χ0v) is 13.6. The summed E-state index contributed by atoms with van der Waals surface area (Å²) in [7, 11) is 3.92. The Morgan fingerprint density at radius 2 is 1.90 bits per heavy atom. The maximum absolute atomic E-state index is 4.65. The van der Waals surface area contributed by atoms with Crippen molar-refractivity contribution in [1.82, 2.24) is 15.0 Å². The Morgan fingerprint density at radius 3 is 2.45 bits per heavy atom. The molecule has 1 saturated heterocycles. The van der Waals surface area contributed by atoms with Gasteiger partial charge < -0.3 is 15.1 Å². The first-order valence-corrected chi connectivity index (χ1v) is 8.34. The minimum absolute atomic E-state index is 0.525. The second-order valence-electron chi connectivity index (χ2n) is 4.81. The van der Waals surface area contributed by atoms with Crippen LogP contribution in [-0.2, 0) is 0 Å². The molecule has 1 aromatic heterocycles. The van der Waals surface area contributed by atoms with E-state index in [1.165, 1.54) is 12.2 Å². The molecule has 1 aliphatic heterocycles. The summed E-state index contributed by atoms with van der Waals surface area (Å²) in [5, 5.41) is 3.04. The van der Waals surface area contributed by atoms with Crippen molar-refractivity contribution in [2.24, 2.45) is 0 Å². The molecular weight excluding hydrogens is 272 g/mol. The van der Waals surface area contributed by atoms with E-state index in [2.05, 4.69) is 51.0 Å². The average Bonchev–Trinajstić information content (AvgIpc) is 3.01. The first-order valence-electron chi connectivity index (χ1n) is 7.18. The number of rotatable bonds is 6. The minimum Gasteiger partial charge on any atom is -0.357 e. The van der Waals surface area contributed by atoms with E-state index < -0.39 is 0 Å². The van der Waals surface area contributed by atoms with E-state index in [1.54, 1.807) is 0 Å². The Morgan fingerprint density at radius 1 is 1.20 bits per heavy atom. The van der Waals surface area contributed by atoms with E-state index in [1.807, 2.05) is 18.8 Å². The molecule has 7 heteroatoms. The molecule has 20 heavy (non-hydrogen) atoms. The minimum atomic E-state index is 0.525. The van der Waals surface area contributed by atoms with Crippen LogP contribution in [0.5, 0.6) is 0 Å². The predicted octanol–water partition coefficient (Wildman–Crippen LogP) is 1.70. The van der Waals surface area contributed by atoms with Crippen LogP contribution < -0.4 is 15.1 Å². The second kappa shape index (κ2) is 6.97. The first kappa shape index (κ1) is 15.2. The number of anilines is 3. The van der Waals surface area contributed by atoms with E-state index in [4.69, 9.17) is 0 Å². The van der Waals surface area contributed by atoms with Crippen molar-refractivity contribution in [2.75, 3.05) is 53.8 Å². The molecule has 0 radical (unpaired) electrons. The number of nitrogens with one attached hydrogen (secondary N) is 1. The Labute approximate surface area is 125 Å². The topological polar surface area (TPSA) is 57.2 Å². The Balaban J connectivity index is 2.29. The molecule has 0 saturated carbocycles. The third-order valence-electron chi connectivity index (χ3n) is 3.65. The highest BCUT2D eigenvalue weighted by Gasteiger charge is 2.23. The maximum atomic E-state index is 4.65. The SMILES string of the molecule is CCN(CC)c1nc(NC)nc(N(C)C2CCSC2)n1. The van der Waals surface area contributed by atoms with Gasteiger partial charge in [0.1, 0.15) is 0 Å². The van der Waals surface area contributed by atoms with Gasteiger partial charge in [0.2, 0.25) is 17.8 Å². The predicted molar refractivity (Wildman–Crippen MR) is 87.1 cm³/mol. The molecule has 112 valence electrons. The van der Waals surface area contributed by atoms with Crippen molar-refractivity contribution in [1.29, 1.82) is 0 Å². The molecule has 1 unspecified atom stereocenters. The summed E-state index contributed by atoms with van der Waals surface area (Å²) >= 11 is 2.00. The van der Waals surface area contributed by atoms with Crippen LogP contribution in [0.1, 0.15) is 20.3 Å². The third-order valence-corrected chi connectivity index (χ3v) is 4.80. The second-order valence-corrected chi connectivity index (χ2v) is 5.96. The lowest BCUT2D eigenvalue weighted by Crippen LogP contribution is -2.34. The fraction of sp³-hybridized carbons (Fsp3) is 0.769. The molecule has 0 aliphatic carbocycles. The van der Waals surface area contributed by atoms with Crippen LogP contribution in [0, 0.1) is 0 Å². The summed E-state index contributed by atoms with van der Waals surface area (Å²) in [6, 6.07) is 0.525. The normalized spacial score (nSPS) is 18.1. The molecule has 1 aliphatic rings. The zero-order valence-electron chi connectivity index (χ0n) is 12.8. The van der Waals surface area contributed by atoms with Crippen LogP contribution in [-0.4, -0.2) is 59.7 Å². The van der Waals surface area contributed by atoms with E-state index in [-0.39, 0.29) is 0 Å². The molecule has 0 spiro atoms. The number of aromatic nitrogens is 3. The van der Waals surface area contributed by atoms with Gasteiger partial charge in [-0.1, -0.05) is 0 Å². The molecule has 0 bridgehead atoms. The molecule has 0 amide bonds. The third kappa shape index (κ3) is 3.26. The lowest BCUT2D eigenvalue weighted by molar-refractivity contribution is 0.676. The highest BCUT2D eigenvalue weighted by molar-refractivity contribution is 7.99. The smallest absolute Gasteiger partial charge is 0.231 e. The molecule has 1 aromatic rings. The van der Waals surface area contributed by atoms with Crippen molar-refractivity contribution in [3.63, 3.8) is 0 Å². The molecule has 0 aromatic carbocycles. The van der Waals surface area contributed by atoms with Gasteiger partial charge in [-0.25, -0.2) is 0 Å². The van der Waals surface area contributed by atoms with Gasteiger partial charge in [-0.2, -0.15) is 26.7 Å². The number of hydrogen-bond donors (Lipinski definition) is 1. The highest BCUT2D eigenvalue weighted by atomic mass is 32.2. The van der Waals surface area contributed by atoms with E-state index >= 15 is 0 Å². The number of hydrogen-bond acceptors (Lipinski definition) is 7. The Kier molecular flexibility index (Phi) is 5.28. The van der Waals surface area contributed by atoms with Crippen LogP contribution >= 0.6 is 11.8 Å². The van der Waals surface area contributed by atoms with Crippen LogP contribution in [0.2, 0.25) is 0 Å². The quantitative estimate of drug-likeness (QED) is 0.857. The molecule has 1 fully saturated rings. The van der Waals surface area contributed by atoms with Gasteiger partial charge in [0.05, 0.1) is 0 Å². The van der Waals surface area contributed by atoms with Gasteiger partial charge in [-0.15, -0.1) is 0 Å². The molecule has 1 N–H and O–H groups in total.